The normalized spacial score (nSPS) is 21.6. The van der Waals surface area contributed by atoms with Crippen LogP contribution in [-0.2, 0) is 4.79 Å². The Balaban J connectivity index is 1.86. The molecule has 0 spiro atoms. The summed E-state index contributed by atoms with van der Waals surface area (Å²) in [4.78, 5) is 22.7. The second-order valence-corrected chi connectivity index (χ2v) is 5.49. The minimum atomic E-state index is -0.793. The van der Waals surface area contributed by atoms with Crippen molar-refractivity contribution >= 4 is 29.3 Å². The van der Waals surface area contributed by atoms with E-state index in [0.717, 1.165) is 0 Å². The van der Waals surface area contributed by atoms with E-state index in [1.807, 2.05) is 0 Å². The number of aliphatic carboxylic acids is 1. The maximum atomic E-state index is 13.6. The highest BCUT2D eigenvalue weighted by Gasteiger charge is 2.26. The number of halogens is 2. The second kappa shape index (κ2) is 6.76. The summed E-state index contributed by atoms with van der Waals surface area (Å²) in [5.74, 6) is -1.81. The molecule has 1 saturated carbocycles. The van der Waals surface area contributed by atoms with E-state index < -0.39 is 17.8 Å². The van der Waals surface area contributed by atoms with Crippen molar-refractivity contribution in [2.24, 2.45) is 5.92 Å². The predicted molar refractivity (Wildman–Crippen MR) is 76.9 cm³/mol. The molecule has 1 aromatic rings. The number of rotatable bonds is 3. The lowest BCUT2D eigenvalue weighted by molar-refractivity contribution is -0.142. The van der Waals surface area contributed by atoms with Crippen molar-refractivity contribution < 1.29 is 19.1 Å². The first-order chi connectivity index (χ1) is 9.97. The third-order valence-corrected chi connectivity index (χ3v) is 3.90. The number of carbonyl (C=O) groups excluding carboxylic acids is 1. The van der Waals surface area contributed by atoms with E-state index in [-0.39, 0.29) is 22.7 Å². The quantitative estimate of drug-likeness (QED) is 0.801. The number of hydrogen-bond acceptors (Lipinski definition) is 2. The van der Waals surface area contributed by atoms with Crippen molar-refractivity contribution in [1.29, 1.82) is 0 Å². The minimum absolute atomic E-state index is 0.0132. The van der Waals surface area contributed by atoms with Crippen LogP contribution in [0.1, 0.15) is 25.7 Å². The van der Waals surface area contributed by atoms with Crippen molar-refractivity contribution in [3.8, 4) is 0 Å². The number of carboxylic acid groups (broad SMARTS) is 1. The summed E-state index contributed by atoms with van der Waals surface area (Å²) in [5, 5.41) is 14.0. The Morgan fingerprint density at radius 3 is 2.52 bits per heavy atom. The molecule has 0 aromatic heterocycles. The molecule has 0 radical (unpaired) electrons. The van der Waals surface area contributed by atoms with Crippen molar-refractivity contribution in [2.45, 2.75) is 31.7 Å². The van der Waals surface area contributed by atoms with E-state index in [0.29, 0.717) is 25.7 Å². The number of urea groups is 1. The number of carbonyl (C=O) groups is 2. The molecule has 2 rings (SSSR count). The fourth-order valence-corrected chi connectivity index (χ4v) is 2.60. The van der Waals surface area contributed by atoms with E-state index in [1.54, 1.807) is 6.07 Å². The van der Waals surface area contributed by atoms with E-state index in [1.165, 1.54) is 12.1 Å². The zero-order valence-electron chi connectivity index (χ0n) is 11.2. The first-order valence-electron chi connectivity index (χ1n) is 6.71. The molecule has 2 amide bonds. The van der Waals surface area contributed by atoms with Gasteiger partial charge in [-0.2, -0.15) is 0 Å². The molecular weight excluding hydrogens is 299 g/mol. The maximum absolute atomic E-state index is 13.6. The van der Waals surface area contributed by atoms with Gasteiger partial charge in [0.1, 0.15) is 0 Å². The summed E-state index contributed by atoms with van der Waals surface area (Å²) in [6.07, 6.45) is 2.27. The molecule has 0 aliphatic heterocycles. The number of carboxylic acids is 1. The minimum Gasteiger partial charge on any atom is -0.481 e. The average molecular weight is 315 g/mol. The van der Waals surface area contributed by atoms with E-state index in [9.17, 15) is 14.0 Å². The number of benzene rings is 1. The first kappa shape index (κ1) is 15.6. The predicted octanol–water partition coefficient (Wildman–Crippen LogP) is 3.24. The summed E-state index contributed by atoms with van der Waals surface area (Å²) in [7, 11) is 0. The molecule has 1 aromatic carbocycles. The van der Waals surface area contributed by atoms with Gasteiger partial charge in [-0.15, -0.1) is 0 Å². The zero-order valence-corrected chi connectivity index (χ0v) is 12.0. The highest BCUT2D eigenvalue weighted by atomic mass is 35.5. The van der Waals surface area contributed by atoms with Gasteiger partial charge in [-0.05, 0) is 37.8 Å². The molecule has 1 aliphatic carbocycles. The SMILES string of the molecule is O=C(Nc1cccc(Cl)c1F)NC1CCC(C(=O)O)CC1. The fourth-order valence-electron chi connectivity index (χ4n) is 2.43. The molecule has 1 aliphatic rings. The van der Waals surface area contributed by atoms with Crippen LogP contribution in [0.5, 0.6) is 0 Å². The Kier molecular flexibility index (Phi) is 5.01. The smallest absolute Gasteiger partial charge is 0.319 e. The van der Waals surface area contributed by atoms with Gasteiger partial charge in [-0.25, -0.2) is 9.18 Å². The van der Waals surface area contributed by atoms with Crippen LogP contribution in [0.2, 0.25) is 5.02 Å². The lowest BCUT2D eigenvalue weighted by Crippen LogP contribution is -2.41. The van der Waals surface area contributed by atoms with Gasteiger partial charge < -0.3 is 15.7 Å². The average Bonchev–Trinajstić information content (AvgIpc) is 2.44. The molecule has 0 atom stereocenters. The van der Waals surface area contributed by atoms with Crippen molar-refractivity contribution in [3.63, 3.8) is 0 Å². The van der Waals surface area contributed by atoms with Gasteiger partial charge in [-0.3, -0.25) is 4.79 Å². The number of anilines is 1. The Morgan fingerprint density at radius 2 is 1.90 bits per heavy atom. The fraction of sp³-hybridized carbons (Fsp3) is 0.429. The largest absolute Gasteiger partial charge is 0.481 e. The highest BCUT2D eigenvalue weighted by molar-refractivity contribution is 6.31. The third-order valence-electron chi connectivity index (χ3n) is 3.61. The second-order valence-electron chi connectivity index (χ2n) is 5.09. The molecule has 5 nitrogen and oxygen atoms in total. The van der Waals surface area contributed by atoms with Gasteiger partial charge in [0.2, 0.25) is 0 Å². The molecule has 21 heavy (non-hydrogen) atoms. The van der Waals surface area contributed by atoms with Crippen LogP contribution < -0.4 is 10.6 Å². The number of amides is 2. The monoisotopic (exact) mass is 314 g/mol. The Hall–Kier alpha value is -1.82. The zero-order chi connectivity index (χ0) is 15.4. The van der Waals surface area contributed by atoms with Gasteiger partial charge in [0.15, 0.2) is 5.82 Å². The summed E-state index contributed by atoms with van der Waals surface area (Å²) < 4.78 is 13.6. The molecule has 3 N–H and O–H groups in total. The highest BCUT2D eigenvalue weighted by Crippen LogP contribution is 2.25. The summed E-state index contributed by atoms with van der Waals surface area (Å²) in [6.45, 7) is 0. The number of hydrogen-bond donors (Lipinski definition) is 3. The van der Waals surface area contributed by atoms with Crippen LogP contribution in [0.4, 0.5) is 14.9 Å². The summed E-state index contributed by atoms with van der Waals surface area (Å²) >= 11 is 5.63. The van der Waals surface area contributed by atoms with E-state index in [2.05, 4.69) is 10.6 Å². The summed E-state index contributed by atoms with van der Waals surface area (Å²) in [6, 6.07) is 3.74. The molecule has 7 heteroatoms. The van der Waals surface area contributed by atoms with Crippen molar-refractivity contribution in [1.82, 2.24) is 5.32 Å². The van der Waals surface area contributed by atoms with Crippen molar-refractivity contribution in [3.05, 3.63) is 29.0 Å². The standard InChI is InChI=1S/C14H16ClFN2O3/c15-10-2-1-3-11(12(10)16)18-14(21)17-9-6-4-8(5-7-9)13(19)20/h1-3,8-9H,4-7H2,(H,19,20)(H2,17,18,21). The van der Waals surface area contributed by atoms with E-state index in [4.69, 9.17) is 16.7 Å². The van der Waals surface area contributed by atoms with Crippen LogP contribution in [0, 0.1) is 11.7 Å². The lowest BCUT2D eigenvalue weighted by Gasteiger charge is -2.26. The van der Waals surface area contributed by atoms with Crippen LogP contribution in [0.3, 0.4) is 0 Å². The van der Waals surface area contributed by atoms with Gasteiger partial charge in [0, 0.05) is 6.04 Å². The Bertz CT molecular complexity index is 545. The molecule has 0 bridgehead atoms. The van der Waals surface area contributed by atoms with Crippen molar-refractivity contribution in [2.75, 3.05) is 5.32 Å². The number of nitrogens with one attached hydrogen (secondary N) is 2. The molecule has 114 valence electrons. The van der Waals surface area contributed by atoms with E-state index >= 15 is 0 Å². The lowest BCUT2D eigenvalue weighted by atomic mass is 9.86. The molecule has 1 fully saturated rings. The van der Waals surface area contributed by atoms with Crippen LogP contribution >= 0.6 is 11.6 Å². The van der Waals surface area contributed by atoms with Gasteiger partial charge in [0.25, 0.3) is 0 Å². The first-order valence-corrected chi connectivity index (χ1v) is 7.09. The van der Waals surface area contributed by atoms with Gasteiger partial charge in [-0.1, -0.05) is 17.7 Å². The Morgan fingerprint density at radius 1 is 1.24 bits per heavy atom. The van der Waals surface area contributed by atoms with Crippen LogP contribution in [0.15, 0.2) is 18.2 Å². The van der Waals surface area contributed by atoms with Gasteiger partial charge >= 0.3 is 12.0 Å². The maximum Gasteiger partial charge on any atom is 0.319 e. The molecule has 0 saturated heterocycles. The topological polar surface area (TPSA) is 78.4 Å². The molecule has 0 unspecified atom stereocenters. The summed E-state index contributed by atoms with van der Waals surface area (Å²) in [5.41, 5.74) is 0.0132. The Labute approximate surface area is 126 Å². The van der Waals surface area contributed by atoms with Gasteiger partial charge in [0.05, 0.1) is 16.6 Å². The molecular formula is C14H16ClFN2O3. The molecule has 0 heterocycles. The van der Waals surface area contributed by atoms with Crippen LogP contribution in [0.25, 0.3) is 0 Å². The van der Waals surface area contributed by atoms with Crippen LogP contribution in [-0.4, -0.2) is 23.1 Å². The third kappa shape index (κ3) is 4.07.